The summed E-state index contributed by atoms with van der Waals surface area (Å²) in [5, 5.41) is 4.42. The summed E-state index contributed by atoms with van der Waals surface area (Å²) in [7, 11) is 0. The van der Waals surface area contributed by atoms with Crippen molar-refractivity contribution in [2.24, 2.45) is 11.7 Å². The molecule has 0 unspecified atom stereocenters. The summed E-state index contributed by atoms with van der Waals surface area (Å²) < 4.78 is 14.6. The lowest BCUT2D eigenvalue weighted by Gasteiger charge is -2.34. The molecule has 6 heteroatoms. The minimum absolute atomic E-state index is 0.0877. The van der Waals surface area contributed by atoms with Gasteiger partial charge in [0.25, 0.3) is 0 Å². The molecule has 2 aromatic rings. The lowest BCUT2D eigenvalue weighted by Crippen LogP contribution is -2.45. The topological polar surface area (TPSA) is 64.2 Å². The van der Waals surface area contributed by atoms with Crippen LogP contribution < -0.4 is 5.73 Å². The van der Waals surface area contributed by atoms with Crippen LogP contribution in [0.25, 0.3) is 5.69 Å². The molecule has 0 radical (unpaired) electrons. The number of carbonyl (C=O) groups excluding carboxylic acids is 1. The minimum Gasteiger partial charge on any atom is -0.342 e. The highest BCUT2D eigenvalue weighted by molar-refractivity contribution is 5.78. The Morgan fingerprint density at radius 1 is 1.38 bits per heavy atom. The highest BCUT2D eigenvalue weighted by atomic mass is 19.1. The largest absolute Gasteiger partial charge is 0.342 e. The summed E-state index contributed by atoms with van der Waals surface area (Å²) in [4.78, 5) is 14.4. The first-order valence-corrected chi connectivity index (χ1v) is 8.37. The summed E-state index contributed by atoms with van der Waals surface area (Å²) >= 11 is 0. The van der Waals surface area contributed by atoms with Gasteiger partial charge in [0.1, 0.15) is 5.82 Å². The Balaban J connectivity index is 1.64. The van der Waals surface area contributed by atoms with Crippen LogP contribution in [0.5, 0.6) is 0 Å². The number of likely N-dealkylation sites (tertiary alicyclic amines) is 1. The van der Waals surface area contributed by atoms with Gasteiger partial charge in [-0.2, -0.15) is 5.10 Å². The SMILES string of the molecule is C[C@H](N)[C@H]1CCCN(C(=O)Cc2ccn(-c3ccc(F)cc3)n2)C1. The van der Waals surface area contributed by atoms with Crippen molar-refractivity contribution < 1.29 is 9.18 Å². The molecule has 2 atom stereocenters. The Morgan fingerprint density at radius 3 is 2.83 bits per heavy atom. The van der Waals surface area contributed by atoms with E-state index in [9.17, 15) is 9.18 Å². The number of nitrogens with two attached hydrogens (primary N) is 1. The number of halogens is 1. The molecule has 3 rings (SSSR count). The Hall–Kier alpha value is -2.21. The fraction of sp³-hybridized carbons (Fsp3) is 0.444. The van der Waals surface area contributed by atoms with Gasteiger partial charge < -0.3 is 10.6 Å². The maximum absolute atomic E-state index is 13.0. The molecule has 0 saturated carbocycles. The number of nitrogens with zero attached hydrogens (tertiary/aromatic N) is 3. The molecule has 1 aromatic heterocycles. The van der Waals surface area contributed by atoms with Gasteiger partial charge in [0, 0.05) is 25.3 Å². The molecule has 1 saturated heterocycles. The van der Waals surface area contributed by atoms with Gasteiger partial charge in [0.2, 0.25) is 5.91 Å². The van der Waals surface area contributed by atoms with E-state index < -0.39 is 0 Å². The van der Waals surface area contributed by atoms with Gasteiger partial charge in [-0.15, -0.1) is 0 Å². The Labute approximate surface area is 141 Å². The average Bonchev–Trinajstić information content (AvgIpc) is 3.04. The first-order valence-electron chi connectivity index (χ1n) is 8.37. The first-order chi connectivity index (χ1) is 11.5. The van der Waals surface area contributed by atoms with Crippen LogP contribution in [0.15, 0.2) is 36.5 Å². The molecule has 0 bridgehead atoms. The van der Waals surface area contributed by atoms with Crippen molar-refractivity contribution in [1.29, 1.82) is 0 Å². The third-order valence-electron chi connectivity index (χ3n) is 4.62. The Bertz CT molecular complexity index is 695. The number of amides is 1. The number of benzene rings is 1. The van der Waals surface area contributed by atoms with Crippen LogP contribution in [0.4, 0.5) is 4.39 Å². The van der Waals surface area contributed by atoms with E-state index in [1.165, 1.54) is 12.1 Å². The van der Waals surface area contributed by atoms with Crippen LogP contribution >= 0.6 is 0 Å². The van der Waals surface area contributed by atoms with Crippen molar-refractivity contribution in [3.8, 4) is 5.69 Å². The van der Waals surface area contributed by atoms with Gasteiger partial charge in [0.15, 0.2) is 0 Å². The molecule has 2 heterocycles. The van der Waals surface area contributed by atoms with Crippen molar-refractivity contribution in [3.05, 3.63) is 48.0 Å². The van der Waals surface area contributed by atoms with Crippen molar-refractivity contribution in [2.45, 2.75) is 32.2 Å². The summed E-state index contributed by atoms with van der Waals surface area (Å²) in [6.07, 6.45) is 4.15. The highest BCUT2D eigenvalue weighted by Gasteiger charge is 2.26. The maximum atomic E-state index is 13.0. The number of piperidine rings is 1. The zero-order valence-corrected chi connectivity index (χ0v) is 13.9. The van der Waals surface area contributed by atoms with Crippen LogP contribution in [0.2, 0.25) is 0 Å². The minimum atomic E-state index is -0.282. The lowest BCUT2D eigenvalue weighted by molar-refractivity contribution is -0.132. The summed E-state index contributed by atoms with van der Waals surface area (Å²) in [5.74, 6) is 0.180. The monoisotopic (exact) mass is 330 g/mol. The molecule has 128 valence electrons. The predicted octanol–water partition coefficient (Wildman–Crippen LogP) is 2.14. The quantitative estimate of drug-likeness (QED) is 0.934. The van der Waals surface area contributed by atoms with E-state index >= 15 is 0 Å². The van der Waals surface area contributed by atoms with E-state index in [-0.39, 0.29) is 24.2 Å². The molecule has 1 amide bonds. The molecule has 1 aliphatic rings. The van der Waals surface area contributed by atoms with Gasteiger partial charge in [-0.3, -0.25) is 4.79 Å². The van der Waals surface area contributed by atoms with Gasteiger partial charge in [-0.1, -0.05) is 0 Å². The zero-order chi connectivity index (χ0) is 17.1. The summed E-state index contributed by atoms with van der Waals surface area (Å²) in [6, 6.07) is 8.04. The van der Waals surface area contributed by atoms with E-state index in [4.69, 9.17) is 5.73 Å². The molecular formula is C18H23FN4O. The van der Waals surface area contributed by atoms with Gasteiger partial charge in [-0.25, -0.2) is 9.07 Å². The van der Waals surface area contributed by atoms with Crippen molar-refractivity contribution in [2.75, 3.05) is 13.1 Å². The van der Waals surface area contributed by atoms with Crippen LogP contribution in [0, 0.1) is 11.7 Å². The fourth-order valence-corrected chi connectivity index (χ4v) is 3.13. The molecule has 1 aliphatic heterocycles. The van der Waals surface area contributed by atoms with E-state index in [1.807, 2.05) is 17.9 Å². The second-order valence-corrected chi connectivity index (χ2v) is 6.51. The van der Waals surface area contributed by atoms with E-state index in [2.05, 4.69) is 5.10 Å². The second kappa shape index (κ2) is 7.13. The summed E-state index contributed by atoms with van der Waals surface area (Å²) in [5.41, 5.74) is 7.46. The molecule has 1 fully saturated rings. The number of aromatic nitrogens is 2. The van der Waals surface area contributed by atoms with Crippen molar-refractivity contribution >= 4 is 5.91 Å². The summed E-state index contributed by atoms with van der Waals surface area (Å²) in [6.45, 7) is 3.53. The normalized spacial score (nSPS) is 19.3. The van der Waals surface area contributed by atoms with E-state index in [0.717, 1.165) is 31.6 Å². The Kier molecular flexibility index (Phi) is 4.94. The number of rotatable bonds is 4. The van der Waals surface area contributed by atoms with Crippen LogP contribution in [0.1, 0.15) is 25.5 Å². The smallest absolute Gasteiger partial charge is 0.228 e. The molecule has 0 aliphatic carbocycles. The van der Waals surface area contributed by atoms with Crippen molar-refractivity contribution in [3.63, 3.8) is 0 Å². The molecule has 2 N–H and O–H groups in total. The average molecular weight is 330 g/mol. The number of carbonyl (C=O) groups is 1. The molecule has 1 aromatic carbocycles. The molecular weight excluding hydrogens is 307 g/mol. The van der Waals surface area contributed by atoms with Crippen LogP contribution in [-0.2, 0) is 11.2 Å². The van der Waals surface area contributed by atoms with Gasteiger partial charge in [0.05, 0.1) is 17.8 Å². The maximum Gasteiger partial charge on any atom is 0.228 e. The van der Waals surface area contributed by atoms with E-state index in [1.54, 1.807) is 23.0 Å². The first kappa shape index (κ1) is 16.6. The van der Waals surface area contributed by atoms with Gasteiger partial charge >= 0.3 is 0 Å². The third-order valence-corrected chi connectivity index (χ3v) is 4.62. The van der Waals surface area contributed by atoms with Crippen molar-refractivity contribution in [1.82, 2.24) is 14.7 Å². The number of hydrogen-bond donors (Lipinski definition) is 1. The Morgan fingerprint density at radius 2 is 2.12 bits per heavy atom. The van der Waals surface area contributed by atoms with E-state index in [0.29, 0.717) is 11.6 Å². The van der Waals surface area contributed by atoms with Crippen LogP contribution in [-0.4, -0.2) is 39.7 Å². The standard InChI is InChI=1S/C18H23FN4O/c1-13(20)14-3-2-9-22(12-14)18(24)11-16-8-10-23(21-16)17-6-4-15(19)5-7-17/h4-8,10,13-14H,2-3,9,11-12,20H2,1H3/t13-,14-/m0/s1. The third kappa shape index (κ3) is 3.82. The second-order valence-electron chi connectivity index (χ2n) is 6.51. The highest BCUT2D eigenvalue weighted by Crippen LogP contribution is 2.19. The molecule has 0 spiro atoms. The molecule has 24 heavy (non-hydrogen) atoms. The fourth-order valence-electron chi connectivity index (χ4n) is 3.13. The van der Waals surface area contributed by atoms with Crippen LogP contribution in [0.3, 0.4) is 0 Å². The number of hydrogen-bond acceptors (Lipinski definition) is 3. The lowest BCUT2D eigenvalue weighted by atomic mass is 9.92. The zero-order valence-electron chi connectivity index (χ0n) is 13.9. The predicted molar refractivity (Wildman–Crippen MR) is 90.2 cm³/mol. The molecule has 5 nitrogen and oxygen atoms in total. The van der Waals surface area contributed by atoms with Gasteiger partial charge in [-0.05, 0) is 56.0 Å².